The molecule has 0 aromatic heterocycles. The van der Waals surface area contributed by atoms with Crippen molar-refractivity contribution in [3.8, 4) is 0 Å². The molecule has 1 amide bonds. The summed E-state index contributed by atoms with van der Waals surface area (Å²) in [4.78, 5) is 14.0. The topological polar surface area (TPSA) is 46.3 Å². The highest BCUT2D eigenvalue weighted by atomic mass is 16.2. The monoisotopic (exact) mass is 194 g/mol. The van der Waals surface area contributed by atoms with Gasteiger partial charge in [0.2, 0.25) is 5.91 Å². The molecule has 3 heteroatoms. The first-order chi connectivity index (χ1) is 6.83. The van der Waals surface area contributed by atoms with Gasteiger partial charge in [-0.2, -0.15) is 0 Å². The number of hydrogen-bond acceptors (Lipinski definition) is 2. The zero-order chi connectivity index (χ0) is 9.97. The molecule has 0 aromatic rings. The minimum absolute atomic E-state index is 0.210. The molecule has 1 heterocycles. The molecular weight excluding hydrogens is 176 g/mol. The molecule has 1 unspecified atom stereocenters. The number of carbonyl (C=O) groups excluding carboxylic acids is 1. The van der Waals surface area contributed by atoms with Crippen LogP contribution in [0.5, 0.6) is 0 Å². The quantitative estimate of drug-likeness (QED) is 0.664. The van der Waals surface area contributed by atoms with Crippen molar-refractivity contribution in [1.82, 2.24) is 4.90 Å². The Hall–Kier alpha value is -0.830. The molecule has 1 aliphatic heterocycles. The van der Waals surface area contributed by atoms with Gasteiger partial charge in [-0.05, 0) is 25.7 Å². The number of likely N-dealkylation sites (tertiary alicyclic amines) is 1. The van der Waals surface area contributed by atoms with E-state index in [1.54, 1.807) is 0 Å². The van der Waals surface area contributed by atoms with Gasteiger partial charge in [0.25, 0.3) is 0 Å². The number of hydrogen-bond donors (Lipinski definition) is 1. The fraction of sp³-hybridized carbons (Fsp3) is 0.727. The minimum Gasteiger partial charge on any atom is -0.338 e. The van der Waals surface area contributed by atoms with Crippen LogP contribution >= 0.6 is 0 Å². The Balaban J connectivity index is 1.96. The summed E-state index contributed by atoms with van der Waals surface area (Å²) in [5.74, 6) is 0.532. The predicted molar refractivity (Wildman–Crippen MR) is 55.7 cm³/mol. The van der Waals surface area contributed by atoms with E-state index in [1.165, 1.54) is 0 Å². The van der Waals surface area contributed by atoms with E-state index in [2.05, 4.69) is 12.2 Å². The lowest BCUT2D eigenvalue weighted by molar-refractivity contribution is -0.135. The van der Waals surface area contributed by atoms with Crippen LogP contribution in [0.15, 0.2) is 12.2 Å². The molecule has 2 rings (SSSR count). The molecule has 78 valence electrons. The zero-order valence-corrected chi connectivity index (χ0v) is 8.48. The molecule has 1 aliphatic carbocycles. The number of rotatable bonds is 2. The smallest absolute Gasteiger partial charge is 0.226 e. The molecule has 2 aliphatic rings. The molecule has 0 spiro atoms. The van der Waals surface area contributed by atoms with Gasteiger partial charge in [-0.25, -0.2) is 0 Å². The van der Waals surface area contributed by atoms with Crippen molar-refractivity contribution >= 4 is 5.91 Å². The number of amides is 1. The van der Waals surface area contributed by atoms with Crippen molar-refractivity contribution < 1.29 is 4.79 Å². The van der Waals surface area contributed by atoms with Crippen LogP contribution in [0.3, 0.4) is 0 Å². The molecule has 1 fully saturated rings. The molecular formula is C11H18N2O. The van der Waals surface area contributed by atoms with E-state index in [0.717, 1.165) is 32.2 Å². The Kier molecular flexibility index (Phi) is 2.87. The van der Waals surface area contributed by atoms with E-state index < -0.39 is 0 Å². The Morgan fingerprint density at radius 1 is 1.43 bits per heavy atom. The summed E-state index contributed by atoms with van der Waals surface area (Å²) in [7, 11) is 0. The lowest BCUT2D eigenvalue weighted by Gasteiger charge is -2.26. The molecule has 0 radical (unpaired) electrons. The maximum Gasteiger partial charge on any atom is 0.226 e. The summed E-state index contributed by atoms with van der Waals surface area (Å²) in [6, 6.07) is 0.308. The van der Waals surface area contributed by atoms with Crippen LogP contribution in [-0.4, -0.2) is 29.9 Å². The maximum atomic E-state index is 12.0. The van der Waals surface area contributed by atoms with Crippen LogP contribution in [0.4, 0.5) is 0 Å². The third-order valence-electron chi connectivity index (χ3n) is 3.29. The summed E-state index contributed by atoms with van der Waals surface area (Å²) < 4.78 is 0. The molecule has 1 saturated heterocycles. The number of allylic oxidation sites excluding steroid dienone is 2. The van der Waals surface area contributed by atoms with Gasteiger partial charge in [0.1, 0.15) is 0 Å². The summed E-state index contributed by atoms with van der Waals surface area (Å²) in [5.41, 5.74) is 5.65. The standard InChI is InChI=1S/C11H18N2O/c12-8-10-6-3-7-13(10)11(14)9-4-1-2-5-9/h1-2,9-10H,3-8,12H2. The van der Waals surface area contributed by atoms with E-state index in [-0.39, 0.29) is 5.92 Å². The van der Waals surface area contributed by atoms with Crippen LogP contribution in [0.2, 0.25) is 0 Å². The maximum absolute atomic E-state index is 12.0. The van der Waals surface area contributed by atoms with Crippen LogP contribution < -0.4 is 5.73 Å². The Bertz CT molecular complexity index is 242. The fourth-order valence-corrected chi connectivity index (χ4v) is 2.42. The molecule has 2 N–H and O–H groups in total. The van der Waals surface area contributed by atoms with Gasteiger partial charge in [0, 0.05) is 25.0 Å². The number of nitrogens with two attached hydrogens (primary N) is 1. The average Bonchev–Trinajstić information content (AvgIpc) is 2.87. The first-order valence-electron chi connectivity index (χ1n) is 5.48. The highest BCUT2D eigenvalue weighted by molar-refractivity contribution is 5.80. The number of carbonyl (C=O) groups is 1. The van der Waals surface area contributed by atoms with Crippen LogP contribution in [0.1, 0.15) is 25.7 Å². The van der Waals surface area contributed by atoms with Gasteiger partial charge >= 0.3 is 0 Å². The SMILES string of the molecule is NCC1CCCN1C(=O)C1CC=CC1. The normalized spacial score (nSPS) is 27.5. The average molecular weight is 194 g/mol. The molecule has 0 saturated carbocycles. The van der Waals surface area contributed by atoms with Crippen molar-refractivity contribution in [2.45, 2.75) is 31.7 Å². The van der Waals surface area contributed by atoms with Crippen molar-refractivity contribution in [2.75, 3.05) is 13.1 Å². The minimum atomic E-state index is 0.210. The Labute approximate surface area is 84.9 Å². The van der Waals surface area contributed by atoms with Crippen molar-refractivity contribution in [1.29, 1.82) is 0 Å². The first kappa shape index (κ1) is 9.71. The largest absolute Gasteiger partial charge is 0.338 e. The second-order valence-corrected chi connectivity index (χ2v) is 4.20. The van der Waals surface area contributed by atoms with Gasteiger partial charge in [-0.15, -0.1) is 0 Å². The van der Waals surface area contributed by atoms with Gasteiger partial charge in [-0.1, -0.05) is 12.2 Å². The third-order valence-corrected chi connectivity index (χ3v) is 3.29. The van der Waals surface area contributed by atoms with Crippen LogP contribution in [-0.2, 0) is 4.79 Å². The van der Waals surface area contributed by atoms with Crippen LogP contribution in [0, 0.1) is 5.92 Å². The van der Waals surface area contributed by atoms with Gasteiger partial charge in [-0.3, -0.25) is 4.79 Å². The number of nitrogens with zero attached hydrogens (tertiary/aromatic N) is 1. The van der Waals surface area contributed by atoms with Crippen molar-refractivity contribution in [3.63, 3.8) is 0 Å². The third kappa shape index (κ3) is 1.69. The summed E-state index contributed by atoms with van der Waals surface area (Å²) in [6.07, 6.45) is 8.27. The van der Waals surface area contributed by atoms with Crippen molar-refractivity contribution in [3.05, 3.63) is 12.2 Å². The van der Waals surface area contributed by atoms with E-state index >= 15 is 0 Å². The van der Waals surface area contributed by atoms with Crippen molar-refractivity contribution in [2.24, 2.45) is 11.7 Å². The second kappa shape index (κ2) is 4.13. The van der Waals surface area contributed by atoms with E-state index in [1.807, 2.05) is 4.90 Å². The van der Waals surface area contributed by atoms with Gasteiger partial charge in [0.15, 0.2) is 0 Å². The molecule has 1 atom stereocenters. The lowest BCUT2D eigenvalue weighted by Crippen LogP contribution is -2.42. The molecule has 14 heavy (non-hydrogen) atoms. The van der Waals surface area contributed by atoms with Gasteiger partial charge < -0.3 is 10.6 Å². The zero-order valence-electron chi connectivity index (χ0n) is 8.48. The highest BCUT2D eigenvalue weighted by Gasteiger charge is 2.32. The fourth-order valence-electron chi connectivity index (χ4n) is 2.42. The van der Waals surface area contributed by atoms with E-state index in [9.17, 15) is 4.79 Å². The molecule has 3 nitrogen and oxygen atoms in total. The molecule has 0 bridgehead atoms. The van der Waals surface area contributed by atoms with E-state index in [4.69, 9.17) is 5.73 Å². The summed E-state index contributed by atoms with van der Waals surface area (Å²) >= 11 is 0. The van der Waals surface area contributed by atoms with E-state index in [0.29, 0.717) is 18.5 Å². The predicted octanol–water partition coefficient (Wildman–Crippen LogP) is 0.902. The summed E-state index contributed by atoms with van der Waals surface area (Å²) in [5, 5.41) is 0. The Morgan fingerprint density at radius 3 is 2.79 bits per heavy atom. The second-order valence-electron chi connectivity index (χ2n) is 4.20. The van der Waals surface area contributed by atoms with Crippen LogP contribution in [0.25, 0.3) is 0 Å². The summed E-state index contributed by atoms with van der Waals surface area (Å²) in [6.45, 7) is 1.53. The lowest BCUT2D eigenvalue weighted by atomic mass is 10.1. The van der Waals surface area contributed by atoms with Gasteiger partial charge in [0.05, 0.1) is 0 Å². The molecule has 0 aromatic carbocycles. The Morgan fingerprint density at radius 2 is 2.14 bits per heavy atom. The first-order valence-corrected chi connectivity index (χ1v) is 5.48. The highest BCUT2D eigenvalue weighted by Crippen LogP contribution is 2.25.